The highest BCUT2D eigenvalue weighted by Gasteiger charge is 2.36. The van der Waals surface area contributed by atoms with E-state index in [-0.39, 0.29) is 11.3 Å². The Morgan fingerprint density at radius 3 is 2.46 bits per heavy atom. The fourth-order valence-corrected chi connectivity index (χ4v) is 4.37. The summed E-state index contributed by atoms with van der Waals surface area (Å²) in [5, 5.41) is 4.28. The molecule has 1 fully saturated rings. The fourth-order valence-electron chi connectivity index (χ4n) is 3.76. The molecule has 0 radical (unpaired) electrons. The predicted octanol–water partition coefficient (Wildman–Crippen LogP) is 4.24. The summed E-state index contributed by atoms with van der Waals surface area (Å²) in [6, 6.07) is 10.8. The van der Waals surface area contributed by atoms with Crippen LogP contribution >= 0.6 is 23.2 Å². The zero-order valence-corrected chi connectivity index (χ0v) is 16.8. The predicted molar refractivity (Wildman–Crippen MR) is 108 cm³/mol. The number of halogens is 2. The summed E-state index contributed by atoms with van der Waals surface area (Å²) >= 11 is 12.6. The molecule has 0 saturated carbocycles. The third-order valence-corrected chi connectivity index (χ3v) is 5.89. The number of rotatable bonds is 4. The van der Waals surface area contributed by atoms with Gasteiger partial charge in [0.2, 0.25) is 0 Å². The highest BCUT2D eigenvalue weighted by atomic mass is 35.5. The third kappa shape index (κ3) is 3.93. The van der Waals surface area contributed by atoms with E-state index in [0.717, 1.165) is 18.4 Å². The molecular weight excluding hydrogens is 401 g/mol. The molecule has 1 saturated heterocycles. The third-order valence-electron chi connectivity index (χ3n) is 5.34. The Bertz CT molecular complexity index is 881. The maximum absolute atomic E-state index is 12.8. The first-order valence-corrected chi connectivity index (χ1v) is 10.0. The number of benzene rings is 2. The van der Waals surface area contributed by atoms with Gasteiger partial charge in [-0.3, -0.25) is 4.79 Å². The molecule has 2 aliphatic rings. The van der Waals surface area contributed by atoms with Crippen LogP contribution in [0.1, 0.15) is 28.8 Å². The van der Waals surface area contributed by atoms with Crippen LogP contribution in [0, 0.1) is 0 Å². The van der Waals surface area contributed by atoms with E-state index in [1.54, 1.807) is 24.3 Å². The minimum Gasteiger partial charge on any atom is -0.486 e. The lowest BCUT2D eigenvalue weighted by Gasteiger charge is -2.38. The molecule has 0 aliphatic carbocycles. The van der Waals surface area contributed by atoms with Crippen molar-refractivity contribution in [3.8, 4) is 11.5 Å². The zero-order valence-electron chi connectivity index (χ0n) is 15.3. The van der Waals surface area contributed by atoms with Crippen LogP contribution < -0.4 is 14.8 Å². The first-order chi connectivity index (χ1) is 13.6. The van der Waals surface area contributed by atoms with E-state index >= 15 is 0 Å². The number of amides is 1. The Morgan fingerprint density at radius 1 is 0.964 bits per heavy atom. The van der Waals surface area contributed by atoms with Gasteiger partial charge in [0.15, 0.2) is 11.5 Å². The maximum Gasteiger partial charge on any atom is 0.251 e. The molecule has 0 atom stereocenters. The average molecular weight is 422 g/mol. The van der Waals surface area contributed by atoms with Crippen LogP contribution in [0.5, 0.6) is 11.5 Å². The lowest BCUT2D eigenvalue weighted by Crippen LogP contribution is -2.44. The molecule has 28 heavy (non-hydrogen) atoms. The van der Waals surface area contributed by atoms with Crippen molar-refractivity contribution in [2.24, 2.45) is 0 Å². The van der Waals surface area contributed by atoms with Gasteiger partial charge in [-0.25, -0.2) is 0 Å². The summed E-state index contributed by atoms with van der Waals surface area (Å²) in [6.07, 6.45) is 1.55. The van der Waals surface area contributed by atoms with Crippen molar-refractivity contribution < 1.29 is 19.0 Å². The Morgan fingerprint density at radius 2 is 1.71 bits per heavy atom. The molecule has 148 valence electrons. The van der Waals surface area contributed by atoms with E-state index in [9.17, 15) is 4.79 Å². The molecule has 0 spiro atoms. The van der Waals surface area contributed by atoms with Gasteiger partial charge in [-0.2, -0.15) is 0 Å². The highest BCUT2D eigenvalue weighted by molar-refractivity contribution is 6.35. The number of carbonyl (C=O) groups excluding carboxylic acids is 1. The van der Waals surface area contributed by atoms with E-state index in [0.29, 0.717) is 60.1 Å². The lowest BCUT2D eigenvalue weighted by atomic mass is 9.74. The van der Waals surface area contributed by atoms with Crippen molar-refractivity contribution in [1.82, 2.24) is 5.32 Å². The summed E-state index contributed by atoms with van der Waals surface area (Å²) in [5.74, 6) is 1.10. The number of hydrogen-bond acceptors (Lipinski definition) is 4. The van der Waals surface area contributed by atoms with Crippen LogP contribution in [-0.2, 0) is 10.2 Å². The molecule has 2 heterocycles. The Kier molecular flexibility index (Phi) is 5.67. The van der Waals surface area contributed by atoms with Crippen LogP contribution in [0.4, 0.5) is 0 Å². The molecule has 2 aliphatic heterocycles. The van der Waals surface area contributed by atoms with Gasteiger partial charge in [-0.05, 0) is 48.7 Å². The topological polar surface area (TPSA) is 56.8 Å². The summed E-state index contributed by atoms with van der Waals surface area (Å²) in [4.78, 5) is 12.8. The molecule has 1 amide bonds. The molecule has 4 rings (SSSR count). The summed E-state index contributed by atoms with van der Waals surface area (Å²) < 4.78 is 16.6. The second-order valence-electron chi connectivity index (χ2n) is 7.06. The smallest absolute Gasteiger partial charge is 0.251 e. The quantitative estimate of drug-likeness (QED) is 0.801. The largest absolute Gasteiger partial charge is 0.486 e. The normalized spacial score (nSPS) is 17.8. The van der Waals surface area contributed by atoms with Gasteiger partial charge in [0.05, 0.1) is 0 Å². The van der Waals surface area contributed by atoms with Crippen molar-refractivity contribution >= 4 is 29.1 Å². The van der Waals surface area contributed by atoms with E-state index in [1.165, 1.54) is 0 Å². The number of carbonyl (C=O) groups is 1. The van der Waals surface area contributed by atoms with Gasteiger partial charge < -0.3 is 19.5 Å². The number of hydrogen-bond donors (Lipinski definition) is 1. The van der Waals surface area contributed by atoms with Crippen molar-refractivity contribution in [2.45, 2.75) is 18.3 Å². The van der Waals surface area contributed by atoms with Crippen LogP contribution in [0.2, 0.25) is 10.0 Å². The maximum atomic E-state index is 12.8. The molecular formula is C21H21Cl2NO4. The monoisotopic (exact) mass is 421 g/mol. The average Bonchev–Trinajstić information content (AvgIpc) is 2.72. The van der Waals surface area contributed by atoms with Crippen molar-refractivity contribution in [3.63, 3.8) is 0 Å². The van der Waals surface area contributed by atoms with E-state index in [1.807, 2.05) is 12.1 Å². The zero-order chi connectivity index (χ0) is 19.6. The minimum atomic E-state index is -0.288. The van der Waals surface area contributed by atoms with E-state index < -0.39 is 0 Å². The minimum absolute atomic E-state index is 0.159. The second kappa shape index (κ2) is 8.19. The molecule has 1 N–H and O–H groups in total. The van der Waals surface area contributed by atoms with Crippen LogP contribution in [-0.4, -0.2) is 38.9 Å². The standard InChI is InChI=1S/C21H21Cl2NO4/c22-15-2-3-16(17(23)12-15)21(5-7-26-8-6-21)13-24-20(25)14-1-4-18-19(11-14)28-10-9-27-18/h1-4,11-12H,5-10,13H2,(H,24,25). The van der Waals surface area contributed by atoms with Gasteiger partial charge in [-0.1, -0.05) is 29.3 Å². The molecule has 2 aromatic rings. The number of ether oxygens (including phenoxy) is 3. The van der Waals surface area contributed by atoms with Crippen LogP contribution in [0.3, 0.4) is 0 Å². The molecule has 0 bridgehead atoms. The summed E-state index contributed by atoms with van der Waals surface area (Å²) in [7, 11) is 0. The van der Waals surface area contributed by atoms with E-state index in [4.69, 9.17) is 37.4 Å². The van der Waals surface area contributed by atoms with Gasteiger partial charge >= 0.3 is 0 Å². The molecule has 0 aromatic heterocycles. The highest BCUT2D eigenvalue weighted by Crippen LogP contribution is 2.39. The number of nitrogens with one attached hydrogen (secondary N) is 1. The number of fused-ring (bicyclic) bond motifs is 1. The summed E-state index contributed by atoms with van der Waals surface area (Å²) in [5.41, 5.74) is 1.24. The van der Waals surface area contributed by atoms with Gasteiger partial charge in [0.1, 0.15) is 13.2 Å². The van der Waals surface area contributed by atoms with Crippen molar-refractivity contribution in [3.05, 3.63) is 57.6 Å². The first-order valence-electron chi connectivity index (χ1n) is 9.29. The van der Waals surface area contributed by atoms with E-state index in [2.05, 4.69) is 5.32 Å². The second-order valence-corrected chi connectivity index (χ2v) is 7.90. The fraction of sp³-hybridized carbons (Fsp3) is 0.381. The molecule has 2 aromatic carbocycles. The van der Waals surface area contributed by atoms with Crippen LogP contribution in [0.25, 0.3) is 0 Å². The SMILES string of the molecule is O=C(NCC1(c2ccc(Cl)cc2Cl)CCOCC1)c1ccc2c(c1)OCCO2. The van der Waals surface area contributed by atoms with Crippen LogP contribution in [0.15, 0.2) is 36.4 Å². The Hall–Kier alpha value is -1.95. The van der Waals surface area contributed by atoms with Gasteiger partial charge in [0.25, 0.3) is 5.91 Å². The Balaban J connectivity index is 1.54. The van der Waals surface area contributed by atoms with Gasteiger partial charge in [0, 0.05) is 40.8 Å². The van der Waals surface area contributed by atoms with Gasteiger partial charge in [-0.15, -0.1) is 0 Å². The van der Waals surface area contributed by atoms with Crippen molar-refractivity contribution in [1.29, 1.82) is 0 Å². The van der Waals surface area contributed by atoms with Crippen molar-refractivity contribution in [2.75, 3.05) is 33.0 Å². The summed E-state index contributed by atoms with van der Waals surface area (Å²) in [6.45, 7) is 2.71. The first kappa shape index (κ1) is 19.4. The molecule has 5 nitrogen and oxygen atoms in total. The Labute approximate surface area is 173 Å². The molecule has 0 unspecified atom stereocenters. The lowest BCUT2D eigenvalue weighted by molar-refractivity contribution is 0.0487. The molecule has 7 heteroatoms.